The van der Waals surface area contributed by atoms with E-state index in [0.717, 1.165) is 17.0 Å². The Bertz CT molecular complexity index is 1490. The number of ether oxygens (including phenoxy) is 2. The summed E-state index contributed by atoms with van der Waals surface area (Å²) in [4.78, 5) is 31.7. The molecule has 0 bridgehead atoms. The number of carbonyl (C=O) groups excluding carboxylic acids is 1. The number of imidazole rings is 1. The van der Waals surface area contributed by atoms with E-state index in [2.05, 4.69) is 39.2 Å². The van der Waals surface area contributed by atoms with Crippen molar-refractivity contribution in [2.75, 3.05) is 33.2 Å². The van der Waals surface area contributed by atoms with Gasteiger partial charge in [0.25, 0.3) is 5.91 Å². The molecule has 11 nitrogen and oxygen atoms in total. The van der Waals surface area contributed by atoms with Gasteiger partial charge in [0.05, 0.1) is 25.5 Å². The number of carbonyl (C=O) groups is 1. The summed E-state index contributed by atoms with van der Waals surface area (Å²) in [6, 6.07) is 6.92. The van der Waals surface area contributed by atoms with Crippen LogP contribution in [0.15, 0.2) is 53.8 Å². The van der Waals surface area contributed by atoms with Gasteiger partial charge in [-0.25, -0.2) is 9.97 Å². The molecule has 1 amide bonds. The molecule has 3 aromatic rings. The molecule has 4 heterocycles. The fourth-order valence-corrected chi connectivity index (χ4v) is 5.00. The topological polar surface area (TPSA) is 110 Å². The molecular formula is C27H31ClN8O3. The van der Waals surface area contributed by atoms with Crippen LogP contribution in [-0.4, -0.2) is 58.6 Å². The van der Waals surface area contributed by atoms with Gasteiger partial charge in [-0.2, -0.15) is 4.98 Å². The highest BCUT2D eigenvalue weighted by Gasteiger charge is 2.46. The number of hydrogen-bond donors (Lipinski definition) is 2. The smallest absolute Gasteiger partial charge is 0.279 e. The molecule has 0 radical (unpaired) electrons. The van der Waals surface area contributed by atoms with Gasteiger partial charge in [0, 0.05) is 37.1 Å². The third-order valence-corrected chi connectivity index (χ3v) is 6.84. The Balaban J connectivity index is 1.77. The number of fused-ring (bicyclic) bond motifs is 1. The minimum Gasteiger partial charge on any atom is -0.480 e. The summed E-state index contributed by atoms with van der Waals surface area (Å²) in [7, 11) is 6.83. The Morgan fingerprint density at radius 3 is 2.41 bits per heavy atom. The number of halogens is 1. The Morgan fingerprint density at radius 2 is 1.79 bits per heavy atom. The van der Waals surface area contributed by atoms with Gasteiger partial charge < -0.3 is 24.4 Å². The van der Waals surface area contributed by atoms with E-state index in [0.29, 0.717) is 45.5 Å². The fraction of sp³-hybridized carbons (Fsp3) is 0.333. The van der Waals surface area contributed by atoms with Crippen LogP contribution >= 0.6 is 11.6 Å². The zero-order valence-corrected chi connectivity index (χ0v) is 23.7. The summed E-state index contributed by atoms with van der Waals surface area (Å²) >= 11 is 6.24. The van der Waals surface area contributed by atoms with Gasteiger partial charge in [-0.15, -0.1) is 0 Å². The molecule has 0 saturated carbocycles. The number of methoxy groups -OCH3 is 2. The summed E-state index contributed by atoms with van der Waals surface area (Å²) in [5.41, 5.74) is 10.0. The lowest BCUT2D eigenvalue weighted by atomic mass is 10.0. The second kappa shape index (κ2) is 10.1. The summed E-state index contributed by atoms with van der Waals surface area (Å²) in [5, 5.41) is 0.604. The fourth-order valence-electron chi connectivity index (χ4n) is 4.87. The van der Waals surface area contributed by atoms with E-state index < -0.39 is 6.04 Å². The van der Waals surface area contributed by atoms with Crippen LogP contribution in [0.4, 0.5) is 5.95 Å². The highest BCUT2D eigenvalue weighted by molar-refractivity contribution is 6.30. The Hall–Kier alpha value is -4.25. The van der Waals surface area contributed by atoms with Gasteiger partial charge in [-0.1, -0.05) is 23.7 Å². The maximum absolute atomic E-state index is 14.2. The quantitative estimate of drug-likeness (QED) is 0.450. The van der Waals surface area contributed by atoms with Crippen molar-refractivity contribution in [3.05, 3.63) is 75.8 Å². The number of nitrogens with zero attached hydrogens (tertiary/aromatic N) is 6. The summed E-state index contributed by atoms with van der Waals surface area (Å²) < 4.78 is 13.3. The molecule has 39 heavy (non-hydrogen) atoms. The maximum atomic E-state index is 14.2. The highest BCUT2D eigenvalue weighted by atomic mass is 35.5. The van der Waals surface area contributed by atoms with Crippen LogP contribution in [0.5, 0.6) is 5.88 Å². The molecule has 2 aliphatic rings. The van der Waals surface area contributed by atoms with Crippen LogP contribution in [0, 0.1) is 0 Å². The molecule has 5 rings (SSSR count). The molecule has 0 aliphatic carbocycles. The predicted molar refractivity (Wildman–Crippen MR) is 148 cm³/mol. The zero-order valence-electron chi connectivity index (χ0n) is 22.9. The lowest BCUT2D eigenvalue weighted by Crippen LogP contribution is -2.40. The average molecular weight is 551 g/mol. The van der Waals surface area contributed by atoms with Gasteiger partial charge in [0.2, 0.25) is 17.7 Å². The number of hydrogen-bond acceptors (Lipinski definition) is 9. The Labute approximate surface area is 232 Å². The lowest BCUT2D eigenvalue weighted by Gasteiger charge is -2.32. The molecule has 0 spiro atoms. The zero-order chi connectivity index (χ0) is 28.0. The summed E-state index contributed by atoms with van der Waals surface area (Å²) in [6.45, 7) is 6.00. The first kappa shape index (κ1) is 26.4. The van der Waals surface area contributed by atoms with Crippen LogP contribution < -0.4 is 20.5 Å². The summed E-state index contributed by atoms with van der Waals surface area (Å²) in [5.74, 6) is 1.60. The lowest BCUT2D eigenvalue weighted by molar-refractivity contribution is 0.0787. The minimum absolute atomic E-state index is 0.0590. The first-order valence-corrected chi connectivity index (χ1v) is 12.8. The number of rotatable bonds is 7. The van der Waals surface area contributed by atoms with Crippen molar-refractivity contribution in [1.29, 1.82) is 0 Å². The minimum atomic E-state index is -0.509. The molecule has 1 atom stereocenters. The first-order chi connectivity index (χ1) is 18.7. The number of benzene rings is 1. The summed E-state index contributed by atoms with van der Waals surface area (Å²) in [6.07, 6.45) is 3.56. The van der Waals surface area contributed by atoms with Crippen LogP contribution in [-0.2, 0) is 4.74 Å². The Morgan fingerprint density at radius 1 is 1.08 bits per heavy atom. The number of amides is 1. The van der Waals surface area contributed by atoms with Crippen LogP contribution in [0.25, 0.3) is 11.4 Å². The molecule has 2 N–H and O–H groups in total. The molecule has 2 aliphatic heterocycles. The van der Waals surface area contributed by atoms with E-state index >= 15 is 0 Å². The van der Waals surface area contributed by atoms with Crippen LogP contribution in [0.1, 0.15) is 54.6 Å². The van der Waals surface area contributed by atoms with Crippen molar-refractivity contribution < 1.29 is 14.3 Å². The Kier molecular flexibility index (Phi) is 6.85. The van der Waals surface area contributed by atoms with Crippen LogP contribution in [0.2, 0.25) is 5.02 Å². The van der Waals surface area contributed by atoms with Gasteiger partial charge >= 0.3 is 0 Å². The number of nitrogens with one attached hydrogen (secondary N) is 2. The molecule has 12 heteroatoms. The van der Waals surface area contributed by atoms with Gasteiger partial charge in [0.1, 0.15) is 17.6 Å². The molecule has 204 valence electrons. The van der Waals surface area contributed by atoms with E-state index in [9.17, 15) is 4.79 Å². The van der Waals surface area contributed by atoms with E-state index in [1.807, 2.05) is 51.4 Å². The average Bonchev–Trinajstić information content (AvgIpc) is 3.43. The van der Waals surface area contributed by atoms with Gasteiger partial charge in [-0.05, 0) is 44.5 Å². The third kappa shape index (κ3) is 4.42. The third-order valence-electron chi connectivity index (χ3n) is 6.59. The van der Waals surface area contributed by atoms with Gasteiger partial charge in [0.15, 0.2) is 5.69 Å². The molecule has 0 saturated heterocycles. The van der Waals surface area contributed by atoms with Crippen molar-refractivity contribution in [3.63, 3.8) is 0 Å². The standard InChI is InChI=1S/C27H31ClN8O3/c1-14(2)35-22-20(30-23(35)18-13-29-27(34(4)5)31-24(18)38-6)26(37)36(19-12-15(3)32-33-25(19)39-7)21(22)16-8-10-17(28)11-9-16/h8-14,21,32-33H,1-7H3. The monoisotopic (exact) mass is 550 g/mol. The highest BCUT2D eigenvalue weighted by Crippen LogP contribution is 2.46. The molecule has 0 fully saturated rings. The maximum Gasteiger partial charge on any atom is 0.279 e. The molecule has 1 unspecified atom stereocenters. The molecular weight excluding hydrogens is 520 g/mol. The number of allylic oxidation sites excluding steroid dienone is 2. The second-order valence-electron chi connectivity index (χ2n) is 9.75. The van der Waals surface area contributed by atoms with E-state index in [1.54, 1.807) is 30.2 Å². The first-order valence-electron chi connectivity index (χ1n) is 12.4. The molecule has 2 aromatic heterocycles. The van der Waals surface area contributed by atoms with Crippen molar-refractivity contribution in [3.8, 4) is 17.3 Å². The van der Waals surface area contributed by atoms with Crippen molar-refractivity contribution >= 4 is 23.5 Å². The second-order valence-corrected chi connectivity index (χ2v) is 10.2. The van der Waals surface area contributed by atoms with Crippen molar-refractivity contribution in [2.24, 2.45) is 0 Å². The van der Waals surface area contributed by atoms with Crippen molar-refractivity contribution in [2.45, 2.75) is 32.9 Å². The normalized spacial score (nSPS) is 16.6. The SMILES string of the molecule is COC1=C(N2C(=O)c3nc(-c4cnc(N(C)C)nc4OC)n(C(C)C)c3C2c2ccc(Cl)cc2)C=C(C)NN1. The number of aromatic nitrogens is 4. The van der Waals surface area contributed by atoms with Gasteiger partial charge in [-0.3, -0.25) is 15.1 Å². The van der Waals surface area contributed by atoms with Crippen LogP contribution in [0.3, 0.4) is 0 Å². The van der Waals surface area contributed by atoms with Crippen molar-refractivity contribution in [1.82, 2.24) is 35.3 Å². The number of anilines is 1. The van der Waals surface area contributed by atoms with E-state index in [4.69, 9.17) is 26.1 Å². The van der Waals surface area contributed by atoms with E-state index in [1.165, 1.54) is 0 Å². The molecule has 1 aromatic carbocycles. The van der Waals surface area contributed by atoms with E-state index in [-0.39, 0.29) is 11.9 Å². The largest absolute Gasteiger partial charge is 0.480 e. The number of hydrazine groups is 1. The predicted octanol–water partition coefficient (Wildman–Crippen LogP) is 4.02.